The molecule has 1 heterocycles. The molecule has 110 valence electrons. The predicted octanol–water partition coefficient (Wildman–Crippen LogP) is 3.81. The van der Waals surface area contributed by atoms with Crippen molar-refractivity contribution in [2.24, 2.45) is 0 Å². The van der Waals surface area contributed by atoms with Crippen molar-refractivity contribution in [3.63, 3.8) is 0 Å². The third kappa shape index (κ3) is 2.81. The summed E-state index contributed by atoms with van der Waals surface area (Å²) in [6.07, 6.45) is 0. The lowest BCUT2D eigenvalue weighted by molar-refractivity contribution is 0.102. The molecule has 0 fully saturated rings. The highest BCUT2D eigenvalue weighted by Crippen LogP contribution is 2.18. The number of rotatable bonds is 2. The van der Waals surface area contributed by atoms with Crippen LogP contribution in [0.4, 0.5) is 5.69 Å². The molecule has 22 heavy (non-hydrogen) atoms. The first-order valence-corrected chi connectivity index (χ1v) is 7.16. The third-order valence-corrected chi connectivity index (χ3v) is 3.65. The highest BCUT2D eigenvalue weighted by atomic mass is 16.1. The van der Waals surface area contributed by atoms with Gasteiger partial charge in [0.25, 0.3) is 5.91 Å². The van der Waals surface area contributed by atoms with Crippen LogP contribution in [0.1, 0.15) is 27.3 Å². The molecule has 1 N–H and O–H groups in total. The van der Waals surface area contributed by atoms with Crippen molar-refractivity contribution >= 4 is 22.6 Å². The van der Waals surface area contributed by atoms with Gasteiger partial charge in [-0.3, -0.25) is 4.79 Å². The summed E-state index contributed by atoms with van der Waals surface area (Å²) in [7, 11) is 0. The number of fused-ring (bicyclic) bond motifs is 1. The molecule has 0 bridgehead atoms. The zero-order chi connectivity index (χ0) is 15.7. The second-order valence-electron chi connectivity index (χ2n) is 5.42. The van der Waals surface area contributed by atoms with Crippen molar-refractivity contribution in [1.29, 1.82) is 0 Å². The smallest absolute Gasteiger partial charge is 0.255 e. The number of hydrogen-bond acceptors (Lipinski definition) is 3. The molecule has 0 saturated heterocycles. The molecule has 0 radical (unpaired) electrons. The van der Waals surface area contributed by atoms with E-state index in [-0.39, 0.29) is 5.91 Å². The average molecular weight is 291 g/mol. The Labute approximate surface area is 129 Å². The summed E-state index contributed by atoms with van der Waals surface area (Å²) < 4.78 is 0. The molecule has 2 aromatic carbocycles. The number of aromatic nitrogens is 2. The molecule has 0 unspecified atom stereocenters. The number of hydrogen-bond donors (Lipinski definition) is 1. The first kappa shape index (κ1) is 14.2. The zero-order valence-electron chi connectivity index (χ0n) is 12.8. The molecule has 1 aromatic heterocycles. The van der Waals surface area contributed by atoms with E-state index in [9.17, 15) is 4.79 Å². The van der Waals surface area contributed by atoms with Crippen molar-refractivity contribution in [2.45, 2.75) is 20.8 Å². The lowest BCUT2D eigenvalue weighted by atomic mass is 10.1. The van der Waals surface area contributed by atoms with E-state index in [1.807, 2.05) is 63.2 Å². The predicted molar refractivity (Wildman–Crippen MR) is 88.1 cm³/mol. The lowest BCUT2D eigenvalue weighted by Gasteiger charge is -2.07. The molecule has 0 aliphatic carbocycles. The van der Waals surface area contributed by atoms with Crippen LogP contribution >= 0.6 is 0 Å². The van der Waals surface area contributed by atoms with E-state index in [1.165, 1.54) is 0 Å². The van der Waals surface area contributed by atoms with E-state index in [1.54, 1.807) is 0 Å². The Hall–Kier alpha value is -2.75. The molecule has 4 nitrogen and oxygen atoms in total. The SMILES string of the molecule is Cc1ccc(C(=O)Nc2ccc3nc(C)c(C)nc3c2)cc1. The number of benzene rings is 2. The van der Waals surface area contributed by atoms with E-state index in [0.29, 0.717) is 5.56 Å². The number of carbonyl (C=O) groups excluding carboxylic acids is 1. The second-order valence-corrected chi connectivity index (χ2v) is 5.42. The summed E-state index contributed by atoms with van der Waals surface area (Å²) in [5.74, 6) is -0.129. The molecule has 1 amide bonds. The topological polar surface area (TPSA) is 54.9 Å². The van der Waals surface area contributed by atoms with Gasteiger partial charge in [-0.1, -0.05) is 17.7 Å². The Morgan fingerprint density at radius 1 is 0.864 bits per heavy atom. The molecule has 0 aliphatic rings. The quantitative estimate of drug-likeness (QED) is 0.781. The number of aryl methyl sites for hydroxylation is 3. The van der Waals surface area contributed by atoms with E-state index >= 15 is 0 Å². The van der Waals surface area contributed by atoms with Gasteiger partial charge in [0, 0.05) is 11.3 Å². The highest BCUT2D eigenvalue weighted by Gasteiger charge is 2.07. The summed E-state index contributed by atoms with van der Waals surface area (Å²) in [4.78, 5) is 21.2. The number of carbonyl (C=O) groups is 1. The fourth-order valence-corrected chi connectivity index (χ4v) is 2.22. The Morgan fingerprint density at radius 2 is 1.50 bits per heavy atom. The van der Waals surface area contributed by atoms with Crippen molar-refractivity contribution in [3.8, 4) is 0 Å². The van der Waals surface area contributed by atoms with Crippen molar-refractivity contribution in [1.82, 2.24) is 9.97 Å². The molecular formula is C18H17N3O. The molecule has 4 heteroatoms. The minimum absolute atomic E-state index is 0.129. The fraction of sp³-hybridized carbons (Fsp3) is 0.167. The average Bonchev–Trinajstić information content (AvgIpc) is 2.49. The minimum atomic E-state index is -0.129. The largest absolute Gasteiger partial charge is 0.322 e. The van der Waals surface area contributed by atoms with Crippen LogP contribution in [-0.4, -0.2) is 15.9 Å². The van der Waals surface area contributed by atoms with Crippen LogP contribution in [0.25, 0.3) is 11.0 Å². The molecule has 0 aliphatic heterocycles. The van der Waals surface area contributed by atoms with Crippen LogP contribution in [0.3, 0.4) is 0 Å². The van der Waals surface area contributed by atoms with Gasteiger partial charge in [0.15, 0.2) is 0 Å². The second kappa shape index (κ2) is 5.56. The van der Waals surface area contributed by atoms with Gasteiger partial charge < -0.3 is 5.32 Å². The molecule has 0 spiro atoms. The maximum absolute atomic E-state index is 12.2. The van der Waals surface area contributed by atoms with Gasteiger partial charge in [-0.25, -0.2) is 9.97 Å². The van der Waals surface area contributed by atoms with Gasteiger partial charge in [-0.05, 0) is 51.1 Å². The molecule has 3 aromatic rings. The highest BCUT2D eigenvalue weighted by molar-refractivity contribution is 6.04. The van der Waals surface area contributed by atoms with Crippen LogP contribution in [0.15, 0.2) is 42.5 Å². The van der Waals surface area contributed by atoms with Crippen molar-refractivity contribution < 1.29 is 4.79 Å². The van der Waals surface area contributed by atoms with Crippen LogP contribution in [-0.2, 0) is 0 Å². The maximum atomic E-state index is 12.2. The number of nitrogens with zero attached hydrogens (tertiary/aromatic N) is 2. The molecule has 0 saturated carbocycles. The van der Waals surface area contributed by atoms with Crippen LogP contribution in [0, 0.1) is 20.8 Å². The summed E-state index contributed by atoms with van der Waals surface area (Å²) >= 11 is 0. The van der Waals surface area contributed by atoms with Gasteiger partial charge in [-0.2, -0.15) is 0 Å². The molecular weight excluding hydrogens is 274 g/mol. The zero-order valence-corrected chi connectivity index (χ0v) is 12.8. The first-order valence-electron chi connectivity index (χ1n) is 7.16. The standard InChI is InChI=1S/C18H17N3O/c1-11-4-6-14(7-5-11)18(22)21-15-8-9-16-17(10-15)20-13(3)12(2)19-16/h4-10H,1-3H3,(H,21,22). The van der Waals surface area contributed by atoms with Crippen LogP contribution in [0.2, 0.25) is 0 Å². The van der Waals surface area contributed by atoms with Gasteiger partial charge >= 0.3 is 0 Å². The number of nitrogens with one attached hydrogen (secondary N) is 1. The fourth-order valence-electron chi connectivity index (χ4n) is 2.22. The summed E-state index contributed by atoms with van der Waals surface area (Å²) in [6, 6.07) is 13.1. The lowest BCUT2D eigenvalue weighted by Crippen LogP contribution is -2.11. The van der Waals surface area contributed by atoms with Gasteiger partial charge in [0.05, 0.1) is 22.4 Å². The van der Waals surface area contributed by atoms with Crippen LogP contribution < -0.4 is 5.32 Å². The summed E-state index contributed by atoms with van der Waals surface area (Å²) in [5, 5.41) is 2.90. The normalized spacial score (nSPS) is 10.7. The first-order chi connectivity index (χ1) is 10.5. The third-order valence-electron chi connectivity index (χ3n) is 3.65. The maximum Gasteiger partial charge on any atom is 0.255 e. The Bertz CT molecular complexity index is 854. The Balaban J connectivity index is 1.89. The van der Waals surface area contributed by atoms with E-state index in [0.717, 1.165) is 33.7 Å². The molecule has 0 atom stereocenters. The van der Waals surface area contributed by atoms with E-state index in [2.05, 4.69) is 15.3 Å². The van der Waals surface area contributed by atoms with E-state index in [4.69, 9.17) is 0 Å². The summed E-state index contributed by atoms with van der Waals surface area (Å²) in [6.45, 7) is 5.86. The Morgan fingerprint density at radius 3 is 2.18 bits per heavy atom. The van der Waals surface area contributed by atoms with E-state index < -0.39 is 0 Å². The number of amides is 1. The minimum Gasteiger partial charge on any atom is -0.322 e. The summed E-state index contributed by atoms with van der Waals surface area (Å²) in [5.41, 5.74) is 5.91. The van der Waals surface area contributed by atoms with Crippen molar-refractivity contribution in [2.75, 3.05) is 5.32 Å². The van der Waals surface area contributed by atoms with Gasteiger partial charge in [0.2, 0.25) is 0 Å². The van der Waals surface area contributed by atoms with Gasteiger partial charge in [-0.15, -0.1) is 0 Å². The monoisotopic (exact) mass is 291 g/mol. The molecule has 3 rings (SSSR count). The van der Waals surface area contributed by atoms with Crippen molar-refractivity contribution in [3.05, 3.63) is 65.0 Å². The van der Waals surface area contributed by atoms with Crippen LogP contribution in [0.5, 0.6) is 0 Å². The number of anilines is 1. The Kier molecular flexibility index (Phi) is 3.59. The van der Waals surface area contributed by atoms with Gasteiger partial charge in [0.1, 0.15) is 0 Å².